The maximum absolute atomic E-state index is 4.23. The van der Waals surface area contributed by atoms with Crippen LogP contribution >= 0.6 is 25.4 Å². The van der Waals surface area contributed by atoms with E-state index in [1.807, 2.05) is 30.3 Å². The molecule has 0 radical (unpaired) electrons. The number of thiol groups is 2. The summed E-state index contributed by atoms with van der Waals surface area (Å²) in [6.07, 6.45) is 1.81. The van der Waals surface area contributed by atoms with E-state index in [0.717, 1.165) is 11.3 Å². The van der Waals surface area contributed by atoms with E-state index in [2.05, 4.69) is 32.0 Å². The molecule has 1 rings (SSSR count). The monoisotopic (exact) mass is 197 g/mol. The molecular weight excluding hydrogens is 186 g/mol. The number of nitrogens with zero attached hydrogens (tertiary/aromatic N) is 1. The highest BCUT2D eigenvalue weighted by molar-refractivity contribution is 7.85. The molecule has 0 bridgehead atoms. The van der Waals surface area contributed by atoms with Gasteiger partial charge >= 0.3 is 0 Å². The minimum atomic E-state index is 0.587. The topological polar surface area (TPSA) is 3.24 Å². The molecule has 0 aliphatic heterocycles. The summed E-state index contributed by atoms with van der Waals surface area (Å²) in [6.45, 7) is 3.69. The first-order valence-corrected chi connectivity index (χ1v) is 4.61. The minimum absolute atomic E-state index is 0.587. The molecule has 0 amide bonds. The molecule has 3 heteroatoms. The lowest BCUT2D eigenvalue weighted by molar-refractivity contribution is 1.33. The highest BCUT2D eigenvalue weighted by atomic mass is 32.1. The molecule has 1 aromatic rings. The molecular formula is C9H11NS2. The Hall–Kier alpha value is -0.540. The average Bonchev–Trinajstić information content (AvgIpc) is 2.17. The van der Waals surface area contributed by atoms with Crippen molar-refractivity contribution in [1.82, 2.24) is 0 Å². The third-order valence-electron chi connectivity index (χ3n) is 1.54. The van der Waals surface area contributed by atoms with Gasteiger partial charge in [0.2, 0.25) is 0 Å². The molecule has 0 N–H and O–H groups in total. The molecule has 0 heterocycles. The summed E-state index contributed by atoms with van der Waals surface area (Å²) >= 11 is 8.34. The number of anilines is 1. The molecule has 0 aliphatic rings. The molecule has 0 spiro atoms. The smallest absolute Gasteiger partial charge is 0.0718 e. The molecule has 1 nitrogen and oxygen atoms in total. The van der Waals surface area contributed by atoms with Gasteiger partial charge in [-0.25, -0.2) is 0 Å². The van der Waals surface area contributed by atoms with Crippen LogP contribution in [0.2, 0.25) is 0 Å². The van der Waals surface area contributed by atoms with Crippen LogP contribution in [-0.2, 0) is 0 Å². The third kappa shape index (κ3) is 2.22. The number of benzene rings is 1. The maximum Gasteiger partial charge on any atom is 0.0718 e. The maximum atomic E-state index is 4.23. The lowest BCUT2D eigenvalue weighted by atomic mass is 10.2. The molecule has 0 unspecified atom stereocenters. The van der Waals surface area contributed by atoms with E-state index in [9.17, 15) is 0 Å². The van der Waals surface area contributed by atoms with Gasteiger partial charge in [0.25, 0.3) is 0 Å². The van der Waals surface area contributed by atoms with E-state index in [1.54, 1.807) is 4.31 Å². The molecule has 64 valence electrons. The van der Waals surface area contributed by atoms with Gasteiger partial charge in [-0.3, -0.25) is 0 Å². The Morgan fingerprint density at radius 3 is 2.83 bits per heavy atom. The van der Waals surface area contributed by atoms with Crippen LogP contribution in [0.15, 0.2) is 30.8 Å². The summed E-state index contributed by atoms with van der Waals surface area (Å²) in [6, 6.07) is 7.96. The lowest BCUT2D eigenvalue weighted by Gasteiger charge is -2.14. The van der Waals surface area contributed by atoms with Gasteiger partial charge in [-0.15, -0.1) is 0 Å². The van der Waals surface area contributed by atoms with Gasteiger partial charge in [0, 0.05) is 5.69 Å². The van der Waals surface area contributed by atoms with Gasteiger partial charge in [-0.05, 0) is 17.7 Å². The molecule has 12 heavy (non-hydrogen) atoms. The highest BCUT2D eigenvalue weighted by Gasteiger charge is 1.97. The fourth-order valence-electron chi connectivity index (χ4n) is 0.894. The van der Waals surface area contributed by atoms with Crippen molar-refractivity contribution in [2.45, 2.75) is 0 Å². The second-order valence-electron chi connectivity index (χ2n) is 2.34. The first-order valence-electron chi connectivity index (χ1n) is 3.57. The second-order valence-corrected chi connectivity index (χ2v) is 3.11. The van der Waals surface area contributed by atoms with Gasteiger partial charge in [-0.1, -0.05) is 37.6 Å². The average molecular weight is 197 g/mol. The Morgan fingerprint density at radius 2 is 2.25 bits per heavy atom. The Kier molecular flexibility index (Phi) is 3.56. The van der Waals surface area contributed by atoms with Crippen molar-refractivity contribution < 1.29 is 0 Å². The van der Waals surface area contributed by atoms with E-state index in [0.29, 0.717) is 5.88 Å². The molecule has 1 aromatic carbocycles. The second kappa shape index (κ2) is 4.48. The predicted octanol–water partition coefficient (Wildman–Crippen LogP) is 2.87. The van der Waals surface area contributed by atoms with Crippen LogP contribution in [0, 0.1) is 0 Å². The first-order chi connectivity index (χ1) is 5.77. The van der Waals surface area contributed by atoms with Crippen LogP contribution in [0.5, 0.6) is 0 Å². The van der Waals surface area contributed by atoms with Gasteiger partial charge in [0.05, 0.1) is 5.88 Å². The number of hydrogen-bond donors (Lipinski definition) is 2. The third-order valence-corrected chi connectivity index (χ3v) is 2.42. The van der Waals surface area contributed by atoms with Crippen molar-refractivity contribution in [2.75, 3.05) is 10.2 Å². The van der Waals surface area contributed by atoms with Crippen LogP contribution < -0.4 is 4.31 Å². The lowest BCUT2D eigenvalue weighted by Crippen LogP contribution is -2.06. The Morgan fingerprint density at radius 1 is 1.50 bits per heavy atom. The van der Waals surface area contributed by atoms with Gasteiger partial charge in [0.1, 0.15) is 0 Å². The van der Waals surface area contributed by atoms with Crippen LogP contribution in [0.25, 0.3) is 6.08 Å². The molecule has 0 aromatic heterocycles. The first kappa shape index (κ1) is 9.55. The zero-order valence-corrected chi connectivity index (χ0v) is 8.43. The molecule has 0 saturated carbocycles. The quantitative estimate of drug-likeness (QED) is 0.556. The normalized spacial score (nSPS) is 9.50. The van der Waals surface area contributed by atoms with Crippen LogP contribution in [0.3, 0.4) is 0 Å². The minimum Gasteiger partial charge on any atom is -0.309 e. The van der Waals surface area contributed by atoms with E-state index in [-0.39, 0.29) is 0 Å². The van der Waals surface area contributed by atoms with Crippen molar-refractivity contribution in [3.8, 4) is 0 Å². The molecule has 0 saturated heterocycles. The van der Waals surface area contributed by atoms with E-state index in [4.69, 9.17) is 0 Å². The fraction of sp³-hybridized carbons (Fsp3) is 0.111. The highest BCUT2D eigenvalue weighted by Crippen LogP contribution is 2.18. The summed E-state index contributed by atoms with van der Waals surface area (Å²) in [5, 5.41) is 0. The standard InChI is InChI=1S/C9H11NS2/c1-2-8-4-3-5-9(6-8)10(12)7-11/h2-6,11-12H,1,7H2. The van der Waals surface area contributed by atoms with Crippen molar-refractivity contribution in [3.63, 3.8) is 0 Å². The van der Waals surface area contributed by atoms with E-state index >= 15 is 0 Å². The van der Waals surface area contributed by atoms with Gasteiger partial charge < -0.3 is 4.31 Å². The van der Waals surface area contributed by atoms with Crippen LogP contribution in [-0.4, -0.2) is 5.88 Å². The summed E-state index contributed by atoms with van der Waals surface area (Å²) in [4.78, 5) is 0. The Bertz CT molecular complexity index is 273. The zero-order chi connectivity index (χ0) is 8.97. The largest absolute Gasteiger partial charge is 0.309 e. The molecule has 0 atom stereocenters. The number of hydrogen-bond acceptors (Lipinski definition) is 3. The number of rotatable bonds is 3. The van der Waals surface area contributed by atoms with Gasteiger partial charge in [0.15, 0.2) is 0 Å². The van der Waals surface area contributed by atoms with Crippen molar-refractivity contribution in [3.05, 3.63) is 36.4 Å². The predicted molar refractivity (Wildman–Crippen MR) is 61.9 cm³/mol. The van der Waals surface area contributed by atoms with Crippen LogP contribution in [0.4, 0.5) is 5.69 Å². The van der Waals surface area contributed by atoms with Crippen molar-refractivity contribution in [1.29, 1.82) is 0 Å². The van der Waals surface area contributed by atoms with Crippen molar-refractivity contribution >= 4 is 37.2 Å². The van der Waals surface area contributed by atoms with Crippen molar-refractivity contribution in [2.24, 2.45) is 0 Å². The Labute approximate surface area is 84.0 Å². The summed E-state index contributed by atoms with van der Waals surface area (Å²) in [5.41, 5.74) is 2.12. The van der Waals surface area contributed by atoms with E-state index in [1.165, 1.54) is 0 Å². The SMILES string of the molecule is C=Cc1cccc(N(S)CS)c1. The molecule has 0 aliphatic carbocycles. The zero-order valence-electron chi connectivity index (χ0n) is 6.64. The molecule has 0 fully saturated rings. The van der Waals surface area contributed by atoms with E-state index < -0.39 is 0 Å². The summed E-state index contributed by atoms with van der Waals surface area (Å²) < 4.78 is 1.76. The Balaban J connectivity index is 2.93. The van der Waals surface area contributed by atoms with Gasteiger partial charge in [-0.2, -0.15) is 12.6 Å². The van der Waals surface area contributed by atoms with Crippen LogP contribution in [0.1, 0.15) is 5.56 Å². The summed E-state index contributed by atoms with van der Waals surface area (Å²) in [5.74, 6) is 0.587. The fourth-order valence-corrected chi connectivity index (χ4v) is 1.18. The summed E-state index contributed by atoms with van der Waals surface area (Å²) in [7, 11) is 0.